The van der Waals surface area contributed by atoms with Crippen LogP contribution in [0.1, 0.15) is 48.0 Å². The third-order valence-corrected chi connectivity index (χ3v) is 9.34. The van der Waals surface area contributed by atoms with Gasteiger partial charge in [-0.15, -0.1) is 0 Å². The smallest absolute Gasteiger partial charge is 0.410 e. The third kappa shape index (κ3) is 6.66. The van der Waals surface area contributed by atoms with Gasteiger partial charge in [-0.1, -0.05) is 38.0 Å². The van der Waals surface area contributed by atoms with Gasteiger partial charge in [-0.3, -0.25) is 4.90 Å². The van der Waals surface area contributed by atoms with Gasteiger partial charge in [-0.05, 0) is 50.9 Å². The zero-order valence-corrected chi connectivity index (χ0v) is 18.4. The molecule has 2 atom stereocenters. The van der Waals surface area contributed by atoms with Crippen LogP contribution in [-0.2, 0) is 9.16 Å². The Bertz CT molecular complexity index is 572. The van der Waals surface area contributed by atoms with E-state index in [1.807, 2.05) is 26.8 Å². The summed E-state index contributed by atoms with van der Waals surface area (Å²) in [6, 6.07) is -0.117. The van der Waals surface area contributed by atoms with Crippen LogP contribution in [0.5, 0.6) is 0 Å². The molecule has 1 fully saturated rings. The number of nitrogens with zero attached hydrogens (tertiary/aromatic N) is 4. The minimum Gasteiger partial charge on any atom is -0.444 e. The fraction of sp³-hybridized carbons (Fsp3) is 0.833. The molecule has 0 N–H and O–H groups in total. The predicted molar refractivity (Wildman–Crippen MR) is 107 cm³/mol. The molecule has 0 aromatic heterocycles. The summed E-state index contributed by atoms with van der Waals surface area (Å²) in [6.45, 7) is 17.4. The molecule has 8 heteroatoms. The van der Waals surface area contributed by atoms with Crippen LogP contribution < -0.4 is 0 Å². The molecule has 1 rings (SSSR count). The molecule has 1 amide bonds. The number of rotatable bonds is 5. The summed E-state index contributed by atoms with van der Waals surface area (Å²) >= 11 is 0. The second kappa shape index (κ2) is 8.46. The topological polar surface area (TPSA) is 87.5 Å². The van der Waals surface area contributed by atoms with Crippen molar-refractivity contribution < 1.29 is 14.0 Å². The number of ether oxygens (including phenoxy) is 1. The predicted octanol–water partition coefficient (Wildman–Crippen LogP) is 5.25. The second-order valence-electron chi connectivity index (χ2n) is 9.28. The van der Waals surface area contributed by atoms with Crippen LogP contribution in [0.3, 0.4) is 0 Å². The fourth-order valence-electron chi connectivity index (χ4n) is 2.52. The number of hydrogen-bond acceptors (Lipinski definition) is 4. The van der Waals surface area contributed by atoms with Gasteiger partial charge < -0.3 is 9.16 Å². The molecule has 0 unspecified atom stereocenters. The van der Waals surface area contributed by atoms with Crippen molar-refractivity contribution in [3.05, 3.63) is 22.6 Å². The molecule has 0 aromatic rings. The Morgan fingerprint density at radius 1 is 1.31 bits per heavy atom. The first kappa shape index (κ1) is 22.5. The van der Waals surface area contributed by atoms with Gasteiger partial charge in [-0.2, -0.15) is 0 Å². The molecule has 0 radical (unpaired) electrons. The van der Waals surface area contributed by atoms with Gasteiger partial charge in [0.25, 0.3) is 0 Å². The lowest BCUT2D eigenvalue weighted by molar-refractivity contribution is 0.0237. The van der Waals surface area contributed by atoms with E-state index < -0.39 is 13.9 Å². The van der Waals surface area contributed by atoms with Crippen molar-refractivity contribution in [3.63, 3.8) is 0 Å². The number of hydrogen-bond donors (Lipinski definition) is 0. The highest BCUT2D eigenvalue weighted by Crippen LogP contribution is 2.39. The standard InChI is InChI=1S/C18H34N4O3Si/c1-17(2,3)24-16(23)22-13-15(25-26(7,8)18(4,5)6)12-14(22)10-9-11-20-21-19/h9-10,14-15H,11-13H2,1-8H3/b10-9+/t14-,15-/m1/s1. The van der Waals surface area contributed by atoms with Crippen molar-refractivity contribution in [1.82, 2.24) is 4.90 Å². The minimum atomic E-state index is -1.92. The Labute approximate surface area is 158 Å². The highest BCUT2D eigenvalue weighted by atomic mass is 28.4. The van der Waals surface area contributed by atoms with E-state index in [4.69, 9.17) is 14.7 Å². The van der Waals surface area contributed by atoms with Crippen LogP contribution in [0.2, 0.25) is 18.1 Å². The van der Waals surface area contributed by atoms with Crippen molar-refractivity contribution in [2.24, 2.45) is 5.11 Å². The molecule has 7 nitrogen and oxygen atoms in total. The maximum absolute atomic E-state index is 12.6. The van der Waals surface area contributed by atoms with Crippen molar-refractivity contribution >= 4 is 14.4 Å². The summed E-state index contributed by atoms with van der Waals surface area (Å²) in [5.74, 6) is 0. The summed E-state index contributed by atoms with van der Waals surface area (Å²) in [6.07, 6.45) is 4.07. The summed E-state index contributed by atoms with van der Waals surface area (Å²) in [5.41, 5.74) is 7.85. The number of azide groups is 1. The van der Waals surface area contributed by atoms with Crippen LogP contribution in [0.25, 0.3) is 10.4 Å². The molecular formula is C18H34N4O3Si. The van der Waals surface area contributed by atoms with E-state index in [1.54, 1.807) is 11.0 Å². The molecule has 0 saturated carbocycles. The zero-order chi connectivity index (χ0) is 20.2. The van der Waals surface area contributed by atoms with E-state index in [0.29, 0.717) is 6.54 Å². The molecule has 0 bridgehead atoms. The molecular weight excluding hydrogens is 348 g/mol. The van der Waals surface area contributed by atoms with Crippen molar-refractivity contribution in [2.75, 3.05) is 13.1 Å². The van der Waals surface area contributed by atoms with Crippen LogP contribution >= 0.6 is 0 Å². The van der Waals surface area contributed by atoms with Crippen molar-refractivity contribution in [2.45, 2.75) is 83.8 Å². The molecule has 148 valence electrons. The lowest BCUT2D eigenvalue weighted by Crippen LogP contribution is -2.45. The van der Waals surface area contributed by atoms with Crippen LogP contribution in [-0.4, -0.2) is 50.1 Å². The van der Waals surface area contributed by atoms with E-state index in [1.165, 1.54) is 0 Å². The third-order valence-electron chi connectivity index (χ3n) is 4.81. The molecule has 1 saturated heterocycles. The van der Waals surface area contributed by atoms with Crippen LogP contribution in [0, 0.1) is 0 Å². The Morgan fingerprint density at radius 3 is 2.42 bits per heavy atom. The highest BCUT2D eigenvalue weighted by molar-refractivity contribution is 6.74. The van der Waals surface area contributed by atoms with Gasteiger partial charge in [0.1, 0.15) is 5.60 Å². The molecule has 1 aliphatic heterocycles. The van der Waals surface area contributed by atoms with Gasteiger partial charge in [-0.25, -0.2) is 4.79 Å². The van der Waals surface area contributed by atoms with E-state index >= 15 is 0 Å². The zero-order valence-electron chi connectivity index (χ0n) is 17.4. The first-order valence-electron chi connectivity index (χ1n) is 9.12. The Morgan fingerprint density at radius 2 is 1.92 bits per heavy atom. The summed E-state index contributed by atoms with van der Waals surface area (Å²) in [5, 5.41) is 3.62. The van der Waals surface area contributed by atoms with Gasteiger partial charge in [0, 0.05) is 18.0 Å². The maximum Gasteiger partial charge on any atom is 0.410 e. The summed E-state index contributed by atoms with van der Waals surface area (Å²) in [7, 11) is -1.92. The van der Waals surface area contributed by atoms with Crippen LogP contribution in [0.4, 0.5) is 4.79 Å². The molecule has 0 spiro atoms. The van der Waals surface area contributed by atoms with Gasteiger partial charge in [0.05, 0.1) is 12.1 Å². The quantitative estimate of drug-likeness (QED) is 0.214. The van der Waals surface area contributed by atoms with E-state index in [-0.39, 0.29) is 29.8 Å². The number of carbonyl (C=O) groups is 1. The largest absolute Gasteiger partial charge is 0.444 e. The summed E-state index contributed by atoms with van der Waals surface area (Å²) in [4.78, 5) is 17.1. The molecule has 0 aliphatic carbocycles. The van der Waals surface area contributed by atoms with Gasteiger partial charge >= 0.3 is 6.09 Å². The van der Waals surface area contributed by atoms with Gasteiger partial charge in [0.15, 0.2) is 8.32 Å². The van der Waals surface area contributed by atoms with E-state index in [0.717, 1.165) is 6.42 Å². The lowest BCUT2D eigenvalue weighted by Gasteiger charge is -2.38. The molecule has 26 heavy (non-hydrogen) atoms. The van der Waals surface area contributed by atoms with Gasteiger partial charge in [0.2, 0.25) is 0 Å². The normalized spacial score (nSPS) is 21.8. The first-order valence-corrected chi connectivity index (χ1v) is 12.0. The minimum absolute atomic E-state index is 0.0162. The number of carbonyl (C=O) groups excluding carboxylic acids is 1. The fourth-order valence-corrected chi connectivity index (χ4v) is 3.88. The van der Waals surface area contributed by atoms with Crippen LogP contribution in [0.15, 0.2) is 17.3 Å². The van der Waals surface area contributed by atoms with E-state index in [2.05, 4.69) is 43.9 Å². The maximum atomic E-state index is 12.6. The van der Waals surface area contributed by atoms with Crippen molar-refractivity contribution in [1.29, 1.82) is 0 Å². The average Bonchev–Trinajstić information content (AvgIpc) is 2.83. The second-order valence-corrected chi connectivity index (χ2v) is 14.0. The molecule has 1 heterocycles. The number of amides is 1. The SMILES string of the molecule is CC(C)(C)OC(=O)N1C[C@H](O[Si](C)(C)C(C)(C)C)C[C@H]1/C=C/CN=[N+]=[N-]. The highest BCUT2D eigenvalue weighted by Gasteiger charge is 2.43. The van der Waals surface area contributed by atoms with E-state index in [9.17, 15) is 4.79 Å². The van der Waals surface area contributed by atoms with Crippen molar-refractivity contribution in [3.8, 4) is 0 Å². The average molecular weight is 383 g/mol. The Hall–Kier alpha value is -1.50. The molecule has 0 aromatic carbocycles. The number of likely N-dealkylation sites (tertiary alicyclic amines) is 1. The monoisotopic (exact) mass is 382 g/mol. The first-order chi connectivity index (χ1) is 11.8. The Kier molecular flexibility index (Phi) is 7.33. The lowest BCUT2D eigenvalue weighted by atomic mass is 10.2. The Balaban J connectivity index is 2.92. The summed E-state index contributed by atoms with van der Waals surface area (Å²) < 4.78 is 12.1. The molecule has 1 aliphatic rings.